The molecule has 0 spiro atoms. The molecule has 0 fully saturated rings. The first-order valence-corrected chi connectivity index (χ1v) is 5.44. The summed E-state index contributed by atoms with van der Waals surface area (Å²) in [6.07, 6.45) is 0.353. The molecule has 0 aromatic rings. The molecule has 3 N–H and O–H groups in total. The van der Waals surface area contributed by atoms with Gasteiger partial charge in [0.15, 0.2) is 0 Å². The second-order valence-corrected chi connectivity index (χ2v) is 3.25. The number of hydrogen-bond donors (Lipinski definition) is 3. The number of carboxylic acid groups (broad SMARTS) is 1. The van der Waals surface area contributed by atoms with Crippen molar-refractivity contribution in [2.45, 2.75) is 32.7 Å². The van der Waals surface area contributed by atoms with Gasteiger partial charge < -0.3 is 20.5 Å². The smallest absolute Gasteiger partial charge is 0.326 e. The first kappa shape index (κ1) is 15.2. The number of urea groups is 1. The lowest BCUT2D eigenvalue weighted by atomic mass is 10.2. The predicted molar refractivity (Wildman–Crippen MR) is 59.5 cm³/mol. The standard InChI is InChI=1S/C10H18N2O5/c1-3-7(9(14)15)12-10(16)11-6-5-8(13)17-4-2/h7H,3-6H2,1-2H3,(H,14,15)(H2,11,12,16)/t7-/m1/s1. The van der Waals surface area contributed by atoms with Crippen LogP contribution in [0.1, 0.15) is 26.7 Å². The van der Waals surface area contributed by atoms with Crippen molar-refractivity contribution in [3.63, 3.8) is 0 Å². The highest BCUT2D eigenvalue weighted by Crippen LogP contribution is 1.90. The quantitative estimate of drug-likeness (QED) is 0.553. The van der Waals surface area contributed by atoms with Gasteiger partial charge in [-0.1, -0.05) is 6.92 Å². The minimum atomic E-state index is -1.09. The Morgan fingerprint density at radius 1 is 1.29 bits per heavy atom. The molecule has 7 nitrogen and oxygen atoms in total. The highest BCUT2D eigenvalue weighted by molar-refractivity contribution is 5.82. The lowest BCUT2D eigenvalue weighted by Gasteiger charge is -2.12. The van der Waals surface area contributed by atoms with Crippen LogP contribution in [-0.4, -0.2) is 42.3 Å². The van der Waals surface area contributed by atoms with Gasteiger partial charge in [0, 0.05) is 6.54 Å². The number of esters is 1. The zero-order valence-corrected chi connectivity index (χ0v) is 9.99. The van der Waals surface area contributed by atoms with Crippen molar-refractivity contribution in [2.75, 3.05) is 13.2 Å². The van der Waals surface area contributed by atoms with Gasteiger partial charge in [-0.2, -0.15) is 0 Å². The summed E-state index contributed by atoms with van der Waals surface area (Å²) in [5.41, 5.74) is 0. The van der Waals surface area contributed by atoms with E-state index in [1.165, 1.54) is 0 Å². The number of nitrogens with one attached hydrogen (secondary N) is 2. The summed E-state index contributed by atoms with van der Waals surface area (Å²) in [7, 11) is 0. The van der Waals surface area contributed by atoms with Crippen LogP contribution < -0.4 is 10.6 Å². The second-order valence-electron chi connectivity index (χ2n) is 3.25. The Hall–Kier alpha value is -1.79. The monoisotopic (exact) mass is 246 g/mol. The second kappa shape index (κ2) is 8.37. The Morgan fingerprint density at radius 2 is 1.94 bits per heavy atom. The summed E-state index contributed by atoms with van der Waals surface area (Å²) in [6.45, 7) is 3.75. The maximum Gasteiger partial charge on any atom is 0.326 e. The molecule has 2 amide bonds. The van der Waals surface area contributed by atoms with Gasteiger partial charge in [-0.05, 0) is 13.3 Å². The molecule has 0 aliphatic rings. The van der Waals surface area contributed by atoms with E-state index in [1.807, 2.05) is 0 Å². The molecule has 1 atom stereocenters. The van der Waals surface area contributed by atoms with Crippen LogP contribution in [0.25, 0.3) is 0 Å². The fourth-order valence-electron chi connectivity index (χ4n) is 1.06. The Bertz CT molecular complexity index is 280. The SMILES string of the molecule is CCOC(=O)CCNC(=O)N[C@H](CC)C(=O)O. The van der Waals surface area contributed by atoms with E-state index in [-0.39, 0.29) is 13.0 Å². The molecule has 0 saturated heterocycles. The minimum absolute atomic E-state index is 0.0606. The molecule has 98 valence electrons. The molecule has 0 aliphatic heterocycles. The highest BCUT2D eigenvalue weighted by Gasteiger charge is 2.17. The average molecular weight is 246 g/mol. The molecule has 0 unspecified atom stereocenters. The molecule has 17 heavy (non-hydrogen) atoms. The Balaban J connectivity index is 3.79. The van der Waals surface area contributed by atoms with E-state index in [1.54, 1.807) is 13.8 Å². The molecule has 0 radical (unpaired) electrons. The molecule has 0 bridgehead atoms. The van der Waals surface area contributed by atoms with Gasteiger partial charge in [-0.25, -0.2) is 9.59 Å². The van der Waals surface area contributed by atoms with E-state index >= 15 is 0 Å². The van der Waals surface area contributed by atoms with Crippen LogP contribution in [0.2, 0.25) is 0 Å². The van der Waals surface area contributed by atoms with Crippen LogP contribution in [-0.2, 0) is 14.3 Å². The van der Waals surface area contributed by atoms with Crippen LogP contribution in [0.15, 0.2) is 0 Å². The Morgan fingerprint density at radius 3 is 2.41 bits per heavy atom. The number of rotatable bonds is 7. The van der Waals surface area contributed by atoms with E-state index in [0.717, 1.165) is 0 Å². The van der Waals surface area contributed by atoms with Crippen molar-refractivity contribution < 1.29 is 24.2 Å². The number of aliphatic carboxylic acids is 1. The fraction of sp³-hybridized carbons (Fsp3) is 0.700. The maximum atomic E-state index is 11.2. The zero-order chi connectivity index (χ0) is 13.3. The maximum absolute atomic E-state index is 11.2. The first-order chi connectivity index (χ1) is 8.01. The molecular formula is C10H18N2O5. The molecule has 0 saturated carbocycles. The van der Waals surface area contributed by atoms with Gasteiger partial charge in [0.2, 0.25) is 0 Å². The molecule has 0 aromatic carbocycles. The normalized spacial score (nSPS) is 11.4. The molecular weight excluding hydrogens is 228 g/mol. The summed E-state index contributed by atoms with van der Waals surface area (Å²) in [5.74, 6) is -1.49. The highest BCUT2D eigenvalue weighted by atomic mass is 16.5. The number of amides is 2. The number of carbonyl (C=O) groups excluding carboxylic acids is 2. The van der Waals surface area contributed by atoms with Gasteiger partial charge in [0.25, 0.3) is 0 Å². The average Bonchev–Trinajstić information content (AvgIpc) is 2.25. The Labute approximate surface area is 99.5 Å². The van der Waals surface area contributed by atoms with E-state index in [9.17, 15) is 14.4 Å². The first-order valence-electron chi connectivity index (χ1n) is 5.44. The predicted octanol–water partition coefficient (Wildman–Crippen LogP) is 0.102. The third-order valence-corrected chi connectivity index (χ3v) is 1.93. The summed E-state index contributed by atoms with van der Waals surface area (Å²) >= 11 is 0. The van der Waals surface area contributed by atoms with Crippen molar-refractivity contribution in [3.05, 3.63) is 0 Å². The van der Waals surface area contributed by atoms with Crippen molar-refractivity contribution in [1.82, 2.24) is 10.6 Å². The number of hydrogen-bond acceptors (Lipinski definition) is 4. The van der Waals surface area contributed by atoms with Crippen molar-refractivity contribution in [2.24, 2.45) is 0 Å². The van der Waals surface area contributed by atoms with Crippen molar-refractivity contribution in [3.8, 4) is 0 Å². The summed E-state index contributed by atoms with van der Waals surface area (Å²) in [6, 6.07) is -1.53. The van der Waals surface area contributed by atoms with Crippen LogP contribution in [0.3, 0.4) is 0 Å². The molecule has 0 aliphatic carbocycles. The summed E-state index contributed by atoms with van der Waals surface area (Å²) in [5, 5.41) is 13.3. The van der Waals surface area contributed by atoms with E-state index in [0.29, 0.717) is 13.0 Å². The van der Waals surface area contributed by atoms with Gasteiger partial charge in [0.1, 0.15) is 6.04 Å². The topological polar surface area (TPSA) is 105 Å². The van der Waals surface area contributed by atoms with E-state index in [4.69, 9.17) is 5.11 Å². The molecule has 0 aromatic heterocycles. The molecule has 7 heteroatoms. The molecule has 0 heterocycles. The van der Waals surface area contributed by atoms with Crippen molar-refractivity contribution in [1.29, 1.82) is 0 Å². The zero-order valence-electron chi connectivity index (χ0n) is 9.99. The third kappa shape index (κ3) is 7.15. The van der Waals surface area contributed by atoms with Gasteiger partial charge in [-0.3, -0.25) is 4.79 Å². The van der Waals surface area contributed by atoms with Crippen molar-refractivity contribution >= 4 is 18.0 Å². The number of carbonyl (C=O) groups is 3. The van der Waals surface area contributed by atoms with Gasteiger partial charge in [0.05, 0.1) is 13.0 Å². The summed E-state index contributed by atoms with van der Waals surface area (Å²) < 4.78 is 4.66. The van der Waals surface area contributed by atoms with Crippen LogP contribution in [0.4, 0.5) is 4.79 Å². The number of carboxylic acids is 1. The third-order valence-electron chi connectivity index (χ3n) is 1.93. The number of ether oxygens (including phenoxy) is 1. The summed E-state index contributed by atoms with van der Waals surface area (Å²) in [4.78, 5) is 32.8. The fourth-order valence-corrected chi connectivity index (χ4v) is 1.06. The largest absolute Gasteiger partial charge is 0.480 e. The molecule has 0 rings (SSSR count). The lowest BCUT2D eigenvalue weighted by Crippen LogP contribution is -2.46. The van der Waals surface area contributed by atoms with Gasteiger partial charge in [-0.15, -0.1) is 0 Å². The van der Waals surface area contributed by atoms with Crippen LogP contribution >= 0.6 is 0 Å². The minimum Gasteiger partial charge on any atom is -0.480 e. The lowest BCUT2D eigenvalue weighted by molar-refractivity contribution is -0.143. The van der Waals surface area contributed by atoms with E-state index < -0.39 is 24.0 Å². The van der Waals surface area contributed by atoms with Crippen LogP contribution in [0.5, 0.6) is 0 Å². The van der Waals surface area contributed by atoms with Crippen LogP contribution in [0, 0.1) is 0 Å². The van der Waals surface area contributed by atoms with Gasteiger partial charge >= 0.3 is 18.0 Å². The van der Waals surface area contributed by atoms with E-state index in [2.05, 4.69) is 15.4 Å². The Kier molecular flexibility index (Phi) is 7.49.